The van der Waals surface area contributed by atoms with Crippen LogP contribution < -0.4 is 5.73 Å². The van der Waals surface area contributed by atoms with Gasteiger partial charge in [-0.15, -0.1) is 0 Å². The number of fused-ring (bicyclic) bond motifs is 1. The zero-order valence-corrected chi connectivity index (χ0v) is 14.3. The summed E-state index contributed by atoms with van der Waals surface area (Å²) in [6.07, 6.45) is 3.26. The number of nitrogens with zero attached hydrogens (tertiary/aromatic N) is 4. The molecule has 1 atom stereocenters. The highest BCUT2D eigenvalue weighted by Gasteiger charge is 2.17. The number of nitrogens with two attached hydrogens (primary N) is 1. The van der Waals surface area contributed by atoms with Crippen LogP contribution in [0.1, 0.15) is 33.9 Å². The second kappa shape index (κ2) is 6.78. The van der Waals surface area contributed by atoms with E-state index in [-0.39, 0.29) is 16.8 Å². The highest BCUT2D eigenvalue weighted by atomic mass is 32.2. The van der Waals surface area contributed by atoms with Gasteiger partial charge in [0, 0.05) is 17.6 Å². The molecular weight excluding hydrogens is 340 g/mol. The number of pyridine rings is 1. The van der Waals surface area contributed by atoms with Gasteiger partial charge >= 0.3 is 5.97 Å². The minimum atomic E-state index is -0.415. The maximum atomic E-state index is 11.8. The molecule has 25 heavy (non-hydrogen) atoms. The number of H-pyrrole nitrogens is 1. The van der Waals surface area contributed by atoms with Crippen molar-refractivity contribution < 1.29 is 9.53 Å². The summed E-state index contributed by atoms with van der Waals surface area (Å²) in [7, 11) is 1.34. The second-order valence-electron chi connectivity index (χ2n) is 5.18. The highest BCUT2D eigenvalue weighted by Crippen LogP contribution is 2.33. The molecule has 0 spiro atoms. The molecule has 0 aliphatic carbocycles. The number of aromatic nitrogens is 4. The Labute approximate surface area is 147 Å². The lowest BCUT2D eigenvalue weighted by Crippen LogP contribution is -2.01. The lowest BCUT2D eigenvalue weighted by molar-refractivity contribution is 0.0603. The fourth-order valence-electron chi connectivity index (χ4n) is 2.31. The Morgan fingerprint density at radius 2 is 2.24 bits per heavy atom. The molecule has 0 aromatic carbocycles. The Bertz CT molecular complexity index is 994. The van der Waals surface area contributed by atoms with Crippen LogP contribution in [0.2, 0.25) is 0 Å². The smallest absolute Gasteiger partial charge is 0.340 e. The van der Waals surface area contributed by atoms with Crippen LogP contribution >= 0.6 is 11.8 Å². The molecule has 0 saturated heterocycles. The second-order valence-corrected chi connectivity index (χ2v) is 6.49. The van der Waals surface area contributed by atoms with E-state index in [0.717, 1.165) is 16.6 Å². The van der Waals surface area contributed by atoms with Gasteiger partial charge in [0.05, 0.1) is 35.3 Å². The summed E-state index contributed by atoms with van der Waals surface area (Å²) in [6.45, 7) is 1.93. The summed E-state index contributed by atoms with van der Waals surface area (Å²) in [5, 5.41) is 9.99. The van der Waals surface area contributed by atoms with Crippen LogP contribution in [-0.2, 0) is 4.74 Å². The van der Waals surface area contributed by atoms with E-state index in [1.165, 1.54) is 24.9 Å². The largest absolute Gasteiger partial charge is 0.465 e. The maximum Gasteiger partial charge on any atom is 0.340 e. The number of nitrogens with one attached hydrogen (secondary N) is 1. The van der Waals surface area contributed by atoms with Crippen LogP contribution in [-0.4, -0.2) is 33.0 Å². The third-order valence-corrected chi connectivity index (χ3v) is 4.52. The molecule has 0 bridgehead atoms. The Morgan fingerprint density at radius 1 is 1.44 bits per heavy atom. The quantitative estimate of drug-likeness (QED) is 0.415. The van der Waals surface area contributed by atoms with Gasteiger partial charge in [0.2, 0.25) is 0 Å². The molecule has 0 radical (unpaired) electrons. The predicted molar refractivity (Wildman–Crippen MR) is 92.9 cm³/mol. The van der Waals surface area contributed by atoms with Crippen LogP contribution in [0.4, 0.5) is 5.82 Å². The summed E-state index contributed by atoms with van der Waals surface area (Å²) in [6, 6.07) is 5.20. The topological polar surface area (TPSA) is 131 Å². The number of anilines is 1. The molecule has 0 fully saturated rings. The Kier molecular flexibility index (Phi) is 4.54. The molecular formula is C16H14N6O2S. The van der Waals surface area contributed by atoms with Gasteiger partial charge in [0.1, 0.15) is 17.6 Å². The number of hydrogen-bond donors (Lipinski definition) is 2. The number of methoxy groups -OCH3 is 1. The summed E-state index contributed by atoms with van der Waals surface area (Å²) in [5.74, 6) is -0.176. The van der Waals surface area contributed by atoms with Crippen molar-refractivity contribution in [2.24, 2.45) is 0 Å². The average Bonchev–Trinajstić information content (AvgIpc) is 3.03. The molecule has 126 valence electrons. The van der Waals surface area contributed by atoms with Crippen molar-refractivity contribution >= 4 is 34.5 Å². The van der Waals surface area contributed by atoms with E-state index in [1.54, 1.807) is 12.4 Å². The van der Waals surface area contributed by atoms with Gasteiger partial charge < -0.3 is 15.5 Å². The molecule has 9 heteroatoms. The molecule has 3 rings (SSSR count). The van der Waals surface area contributed by atoms with E-state index in [9.17, 15) is 4.79 Å². The number of carbonyl (C=O) groups excluding carboxylic acids is 1. The molecule has 3 N–H and O–H groups in total. The average molecular weight is 354 g/mol. The normalized spacial score (nSPS) is 11.9. The molecule has 0 saturated carbocycles. The first-order valence-electron chi connectivity index (χ1n) is 7.28. The first kappa shape index (κ1) is 16.7. The SMILES string of the molecule is COC(=O)c1c[nH]c2cnc(C(C)Sc3nc(N)cc(C#N)n3)cc12. The summed E-state index contributed by atoms with van der Waals surface area (Å²) < 4.78 is 4.79. The number of thioether (sulfide) groups is 1. The van der Waals surface area contributed by atoms with Gasteiger partial charge in [-0.2, -0.15) is 5.26 Å². The number of nitriles is 1. The molecule has 8 nitrogen and oxygen atoms in total. The summed E-state index contributed by atoms with van der Waals surface area (Å²) in [4.78, 5) is 27.5. The molecule has 3 aromatic rings. The van der Waals surface area contributed by atoms with Crippen molar-refractivity contribution in [3.05, 3.63) is 41.5 Å². The Hall–Kier alpha value is -3.12. The van der Waals surface area contributed by atoms with Crippen molar-refractivity contribution in [3.8, 4) is 6.07 Å². The van der Waals surface area contributed by atoms with Crippen LogP contribution in [0.25, 0.3) is 10.9 Å². The van der Waals surface area contributed by atoms with Crippen molar-refractivity contribution in [1.82, 2.24) is 19.9 Å². The number of hydrogen-bond acceptors (Lipinski definition) is 8. The monoisotopic (exact) mass is 354 g/mol. The number of esters is 1. The lowest BCUT2D eigenvalue weighted by atomic mass is 10.1. The van der Waals surface area contributed by atoms with Crippen molar-refractivity contribution in [2.45, 2.75) is 17.3 Å². The highest BCUT2D eigenvalue weighted by molar-refractivity contribution is 7.99. The van der Waals surface area contributed by atoms with E-state index in [0.29, 0.717) is 10.7 Å². The van der Waals surface area contributed by atoms with Crippen molar-refractivity contribution in [3.63, 3.8) is 0 Å². The van der Waals surface area contributed by atoms with Gasteiger partial charge in [-0.3, -0.25) is 4.98 Å². The molecule has 0 aliphatic rings. The maximum absolute atomic E-state index is 11.8. The third-order valence-electron chi connectivity index (χ3n) is 3.53. The third kappa shape index (κ3) is 3.39. The van der Waals surface area contributed by atoms with Gasteiger partial charge in [-0.25, -0.2) is 14.8 Å². The molecule has 1 unspecified atom stereocenters. The van der Waals surface area contributed by atoms with Crippen LogP contribution in [0.15, 0.2) is 29.7 Å². The molecule has 0 aliphatic heterocycles. The molecule has 0 amide bonds. The zero-order valence-electron chi connectivity index (χ0n) is 13.5. The number of carbonyl (C=O) groups is 1. The van der Waals surface area contributed by atoms with E-state index in [4.69, 9.17) is 15.7 Å². The van der Waals surface area contributed by atoms with E-state index in [1.807, 2.05) is 19.1 Å². The van der Waals surface area contributed by atoms with Gasteiger partial charge in [-0.1, -0.05) is 11.8 Å². The number of rotatable bonds is 4. The van der Waals surface area contributed by atoms with Gasteiger partial charge in [-0.05, 0) is 13.0 Å². The van der Waals surface area contributed by atoms with Crippen molar-refractivity contribution in [2.75, 3.05) is 12.8 Å². The van der Waals surface area contributed by atoms with Crippen molar-refractivity contribution in [1.29, 1.82) is 5.26 Å². The fraction of sp³-hybridized carbons (Fsp3) is 0.188. The Morgan fingerprint density at radius 3 is 2.96 bits per heavy atom. The summed E-state index contributed by atoms with van der Waals surface area (Å²) in [5.41, 5.74) is 7.84. The lowest BCUT2D eigenvalue weighted by Gasteiger charge is -2.10. The van der Waals surface area contributed by atoms with E-state index in [2.05, 4.69) is 19.9 Å². The summed E-state index contributed by atoms with van der Waals surface area (Å²) >= 11 is 1.33. The van der Waals surface area contributed by atoms with Crippen LogP contribution in [0, 0.1) is 11.3 Å². The molecule has 3 heterocycles. The van der Waals surface area contributed by atoms with Crippen LogP contribution in [0.3, 0.4) is 0 Å². The predicted octanol–water partition coefficient (Wildman–Crippen LogP) is 2.45. The van der Waals surface area contributed by atoms with Crippen LogP contribution in [0.5, 0.6) is 0 Å². The number of nitrogen functional groups attached to an aromatic ring is 1. The number of aromatic amines is 1. The fourth-order valence-corrected chi connectivity index (χ4v) is 3.18. The first-order valence-corrected chi connectivity index (χ1v) is 8.16. The van der Waals surface area contributed by atoms with Gasteiger partial charge in [0.15, 0.2) is 5.16 Å². The van der Waals surface area contributed by atoms with E-state index < -0.39 is 5.97 Å². The standard InChI is InChI=1S/C16H14N6O2S/c1-8(25-16-21-9(5-17)3-14(18)22-16)12-4-10-11(15(23)24-2)6-19-13(10)7-20-12/h3-4,6-8,19H,1-2H3,(H2,18,21,22). The minimum Gasteiger partial charge on any atom is -0.465 e. The minimum absolute atomic E-state index is 0.113. The van der Waals surface area contributed by atoms with Gasteiger partial charge in [0.25, 0.3) is 0 Å². The van der Waals surface area contributed by atoms with E-state index >= 15 is 0 Å². The Balaban J connectivity index is 1.92. The number of ether oxygens (including phenoxy) is 1. The first-order chi connectivity index (χ1) is 12.0. The zero-order chi connectivity index (χ0) is 18.0. The molecule has 3 aromatic heterocycles.